The monoisotopic (exact) mass is 220 g/mol. The lowest BCUT2D eigenvalue weighted by atomic mass is 10.1. The highest BCUT2D eigenvalue weighted by Gasteiger charge is 1.96. The highest BCUT2D eigenvalue weighted by atomic mass is 15.0. The van der Waals surface area contributed by atoms with Gasteiger partial charge in [0, 0.05) is 0 Å². The summed E-state index contributed by atoms with van der Waals surface area (Å²) in [6, 6.07) is 8.62. The molecule has 0 saturated heterocycles. The molecule has 0 heterocycles. The van der Waals surface area contributed by atoms with Gasteiger partial charge >= 0.3 is 0 Å². The van der Waals surface area contributed by atoms with Crippen molar-refractivity contribution in [3.05, 3.63) is 35.4 Å². The van der Waals surface area contributed by atoms with Crippen molar-refractivity contribution in [2.75, 3.05) is 33.7 Å². The minimum atomic E-state index is 1.08. The maximum absolute atomic E-state index is 3.49. The van der Waals surface area contributed by atoms with Crippen LogP contribution in [0.2, 0.25) is 0 Å². The van der Waals surface area contributed by atoms with Crippen molar-refractivity contribution in [1.29, 1.82) is 0 Å². The molecule has 0 amide bonds. The molecular weight excluding hydrogens is 196 g/mol. The Morgan fingerprint density at radius 3 is 2.56 bits per heavy atom. The molecule has 1 aromatic rings. The first-order valence-electron chi connectivity index (χ1n) is 6.10. The molecule has 0 spiro atoms. The van der Waals surface area contributed by atoms with Crippen LogP contribution in [0.15, 0.2) is 24.3 Å². The van der Waals surface area contributed by atoms with Crippen LogP contribution in [0, 0.1) is 6.92 Å². The average molecular weight is 220 g/mol. The normalized spacial score (nSPS) is 11.0. The predicted molar refractivity (Wildman–Crippen MR) is 70.9 cm³/mol. The number of nitrogens with one attached hydrogen (secondary N) is 1. The number of hydrogen-bond donors (Lipinski definition) is 1. The lowest BCUT2D eigenvalue weighted by Gasteiger charge is -2.10. The summed E-state index contributed by atoms with van der Waals surface area (Å²) in [4.78, 5) is 2.23. The van der Waals surface area contributed by atoms with Crippen LogP contribution in [0.1, 0.15) is 17.5 Å². The van der Waals surface area contributed by atoms with E-state index in [1.807, 2.05) is 0 Å². The zero-order valence-electron chi connectivity index (χ0n) is 10.8. The minimum Gasteiger partial charge on any atom is -0.316 e. The predicted octanol–water partition coefficient (Wildman–Crippen LogP) is 2.08. The fraction of sp³-hybridized carbons (Fsp3) is 0.571. The van der Waals surface area contributed by atoms with E-state index in [1.54, 1.807) is 0 Å². The Kier molecular flexibility index (Phi) is 6.12. The molecule has 0 atom stereocenters. The highest BCUT2D eigenvalue weighted by Crippen LogP contribution is 2.06. The Hall–Kier alpha value is -0.860. The lowest BCUT2D eigenvalue weighted by molar-refractivity contribution is 0.395. The fourth-order valence-electron chi connectivity index (χ4n) is 1.76. The molecule has 1 rings (SSSR count). The van der Waals surface area contributed by atoms with E-state index in [2.05, 4.69) is 55.5 Å². The van der Waals surface area contributed by atoms with Crippen LogP contribution >= 0.6 is 0 Å². The Balaban J connectivity index is 2.10. The van der Waals surface area contributed by atoms with Crippen LogP contribution in [-0.2, 0) is 6.42 Å². The largest absolute Gasteiger partial charge is 0.316 e. The molecule has 2 heteroatoms. The summed E-state index contributed by atoms with van der Waals surface area (Å²) in [5, 5.41) is 3.49. The summed E-state index contributed by atoms with van der Waals surface area (Å²) >= 11 is 0. The molecule has 16 heavy (non-hydrogen) atoms. The van der Waals surface area contributed by atoms with E-state index in [0.717, 1.165) is 26.1 Å². The Bertz CT molecular complexity index is 295. The van der Waals surface area contributed by atoms with Gasteiger partial charge in [-0.1, -0.05) is 24.3 Å². The van der Waals surface area contributed by atoms with Crippen LogP contribution in [-0.4, -0.2) is 38.6 Å². The Morgan fingerprint density at radius 2 is 1.88 bits per heavy atom. The van der Waals surface area contributed by atoms with E-state index in [0.29, 0.717) is 0 Å². The van der Waals surface area contributed by atoms with Crippen molar-refractivity contribution >= 4 is 0 Å². The van der Waals surface area contributed by atoms with E-state index in [1.165, 1.54) is 17.5 Å². The molecule has 2 nitrogen and oxygen atoms in total. The van der Waals surface area contributed by atoms with Crippen LogP contribution in [0.5, 0.6) is 0 Å². The maximum Gasteiger partial charge on any atom is -0.000824 e. The van der Waals surface area contributed by atoms with E-state index in [9.17, 15) is 0 Å². The molecule has 0 aliphatic carbocycles. The number of rotatable bonds is 7. The van der Waals surface area contributed by atoms with Gasteiger partial charge in [0.2, 0.25) is 0 Å². The third-order valence-corrected chi connectivity index (χ3v) is 2.79. The SMILES string of the molecule is Cc1ccccc1CCNCCCN(C)C. The van der Waals surface area contributed by atoms with Crippen molar-refractivity contribution in [1.82, 2.24) is 10.2 Å². The van der Waals surface area contributed by atoms with Crippen LogP contribution in [0.3, 0.4) is 0 Å². The van der Waals surface area contributed by atoms with Gasteiger partial charge in [0.1, 0.15) is 0 Å². The number of aryl methyl sites for hydroxylation is 1. The molecule has 0 aliphatic rings. The van der Waals surface area contributed by atoms with Crippen molar-refractivity contribution < 1.29 is 0 Å². The first-order valence-corrected chi connectivity index (χ1v) is 6.10. The fourth-order valence-corrected chi connectivity index (χ4v) is 1.76. The van der Waals surface area contributed by atoms with Gasteiger partial charge in [-0.15, -0.1) is 0 Å². The standard InChI is InChI=1S/C14H24N2/c1-13-7-4-5-8-14(13)9-11-15-10-6-12-16(2)3/h4-5,7-8,15H,6,9-12H2,1-3H3. The third kappa shape index (κ3) is 5.29. The quantitative estimate of drug-likeness (QED) is 0.708. The average Bonchev–Trinajstić information content (AvgIpc) is 2.25. The second kappa shape index (κ2) is 7.42. The first kappa shape index (κ1) is 13.2. The van der Waals surface area contributed by atoms with Gasteiger partial charge in [-0.05, 0) is 64.6 Å². The molecule has 0 fully saturated rings. The lowest BCUT2D eigenvalue weighted by Crippen LogP contribution is -2.23. The molecule has 0 unspecified atom stereocenters. The number of hydrogen-bond acceptors (Lipinski definition) is 2. The summed E-state index contributed by atoms with van der Waals surface area (Å²) in [7, 11) is 4.24. The molecular formula is C14H24N2. The van der Waals surface area contributed by atoms with E-state index in [-0.39, 0.29) is 0 Å². The van der Waals surface area contributed by atoms with E-state index < -0.39 is 0 Å². The molecule has 0 bridgehead atoms. The third-order valence-electron chi connectivity index (χ3n) is 2.79. The summed E-state index contributed by atoms with van der Waals surface area (Å²) in [5.41, 5.74) is 2.86. The van der Waals surface area contributed by atoms with Gasteiger partial charge in [-0.3, -0.25) is 0 Å². The molecule has 0 aromatic heterocycles. The summed E-state index contributed by atoms with van der Waals surface area (Å²) < 4.78 is 0. The second-order valence-electron chi connectivity index (χ2n) is 4.58. The smallest absolute Gasteiger partial charge is 0.000824 e. The molecule has 90 valence electrons. The molecule has 0 aliphatic heterocycles. The van der Waals surface area contributed by atoms with Crippen molar-refractivity contribution in [3.63, 3.8) is 0 Å². The summed E-state index contributed by atoms with van der Waals surface area (Å²) in [6.07, 6.45) is 2.36. The van der Waals surface area contributed by atoms with Crippen molar-refractivity contribution in [3.8, 4) is 0 Å². The van der Waals surface area contributed by atoms with Crippen LogP contribution in [0.25, 0.3) is 0 Å². The minimum absolute atomic E-state index is 1.08. The van der Waals surface area contributed by atoms with E-state index >= 15 is 0 Å². The topological polar surface area (TPSA) is 15.3 Å². The second-order valence-corrected chi connectivity index (χ2v) is 4.58. The summed E-state index contributed by atoms with van der Waals surface area (Å²) in [6.45, 7) is 5.54. The van der Waals surface area contributed by atoms with Gasteiger partial charge in [-0.2, -0.15) is 0 Å². The van der Waals surface area contributed by atoms with Crippen LogP contribution < -0.4 is 5.32 Å². The van der Waals surface area contributed by atoms with Gasteiger partial charge < -0.3 is 10.2 Å². The maximum atomic E-state index is 3.49. The zero-order valence-corrected chi connectivity index (χ0v) is 10.8. The van der Waals surface area contributed by atoms with Gasteiger partial charge in [0.05, 0.1) is 0 Å². The molecule has 0 radical (unpaired) electrons. The summed E-state index contributed by atoms with van der Waals surface area (Å²) in [5.74, 6) is 0. The number of nitrogens with zero attached hydrogens (tertiary/aromatic N) is 1. The van der Waals surface area contributed by atoms with Crippen molar-refractivity contribution in [2.24, 2.45) is 0 Å². The molecule has 0 saturated carbocycles. The van der Waals surface area contributed by atoms with Gasteiger partial charge in [0.25, 0.3) is 0 Å². The van der Waals surface area contributed by atoms with Gasteiger partial charge in [-0.25, -0.2) is 0 Å². The zero-order chi connectivity index (χ0) is 11.8. The van der Waals surface area contributed by atoms with Gasteiger partial charge in [0.15, 0.2) is 0 Å². The first-order chi connectivity index (χ1) is 7.70. The van der Waals surface area contributed by atoms with E-state index in [4.69, 9.17) is 0 Å². The molecule has 1 N–H and O–H groups in total. The van der Waals surface area contributed by atoms with Crippen molar-refractivity contribution in [2.45, 2.75) is 19.8 Å². The van der Waals surface area contributed by atoms with Crippen LogP contribution in [0.4, 0.5) is 0 Å². The Morgan fingerprint density at radius 1 is 1.12 bits per heavy atom. The molecule has 1 aromatic carbocycles. The number of benzene rings is 1. The Labute approximate surface area is 99.7 Å². The highest BCUT2D eigenvalue weighted by molar-refractivity contribution is 5.25.